The summed E-state index contributed by atoms with van der Waals surface area (Å²) in [5, 5.41) is 3.67. The van der Waals surface area contributed by atoms with Crippen molar-refractivity contribution in [3.05, 3.63) is 71.9 Å². The summed E-state index contributed by atoms with van der Waals surface area (Å²) in [6, 6.07) is 17.5. The Morgan fingerprint density at radius 2 is 1.84 bits per heavy atom. The molecule has 4 rings (SSSR count). The number of morpholine rings is 1. The standard InChI is InChI=1S/C23H25N3O4S/c1-16(2)24-23(27)19-14-21(25-20-11-7-6-10-18(19)20)22-15-26(12-13-30-22)31(28,29)17-8-4-3-5-9-17/h3-11,14,16,22H,12-13,15H2,1-2H3,(H,24,27). The van der Waals surface area contributed by atoms with Crippen LogP contribution in [0.15, 0.2) is 65.6 Å². The predicted octanol–water partition coefficient (Wildman–Crippen LogP) is 3.14. The first-order valence-corrected chi connectivity index (χ1v) is 11.7. The highest BCUT2D eigenvalue weighted by Crippen LogP contribution is 2.28. The number of aromatic nitrogens is 1. The van der Waals surface area contributed by atoms with Gasteiger partial charge in [-0.1, -0.05) is 36.4 Å². The maximum Gasteiger partial charge on any atom is 0.252 e. The zero-order valence-electron chi connectivity index (χ0n) is 17.5. The summed E-state index contributed by atoms with van der Waals surface area (Å²) >= 11 is 0. The van der Waals surface area contributed by atoms with Crippen molar-refractivity contribution in [2.24, 2.45) is 0 Å². The molecule has 0 saturated carbocycles. The van der Waals surface area contributed by atoms with E-state index in [1.807, 2.05) is 38.1 Å². The predicted molar refractivity (Wildman–Crippen MR) is 118 cm³/mol. The number of sulfonamides is 1. The first-order chi connectivity index (χ1) is 14.9. The molecular weight excluding hydrogens is 414 g/mol. The van der Waals surface area contributed by atoms with E-state index in [4.69, 9.17) is 4.74 Å². The Morgan fingerprint density at radius 1 is 1.13 bits per heavy atom. The Morgan fingerprint density at radius 3 is 2.58 bits per heavy atom. The summed E-state index contributed by atoms with van der Waals surface area (Å²) < 4.78 is 33.4. The van der Waals surface area contributed by atoms with Crippen molar-refractivity contribution < 1.29 is 17.9 Å². The summed E-state index contributed by atoms with van der Waals surface area (Å²) in [6.07, 6.45) is -0.567. The first-order valence-electron chi connectivity index (χ1n) is 10.2. The second-order valence-electron chi connectivity index (χ2n) is 7.78. The third-order valence-electron chi connectivity index (χ3n) is 5.14. The van der Waals surface area contributed by atoms with Crippen LogP contribution in [0.1, 0.15) is 36.0 Å². The van der Waals surface area contributed by atoms with Crippen LogP contribution in [0.4, 0.5) is 0 Å². The number of carbonyl (C=O) groups is 1. The van der Waals surface area contributed by atoms with Crippen LogP contribution < -0.4 is 5.32 Å². The van der Waals surface area contributed by atoms with E-state index < -0.39 is 16.1 Å². The molecule has 0 radical (unpaired) electrons. The highest BCUT2D eigenvalue weighted by molar-refractivity contribution is 7.89. The molecule has 2 heterocycles. The minimum Gasteiger partial charge on any atom is -0.369 e. The van der Waals surface area contributed by atoms with E-state index in [2.05, 4.69) is 10.3 Å². The van der Waals surface area contributed by atoms with Gasteiger partial charge in [-0.3, -0.25) is 4.79 Å². The van der Waals surface area contributed by atoms with E-state index in [9.17, 15) is 13.2 Å². The maximum absolute atomic E-state index is 13.1. The van der Waals surface area contributed by atoms with Crippen LogP contribution in [0.3, 0.4) is 0 Å². The largest absolute Gasteiger partial charge is 0.369 e. The van der Waals surface area contributed by atoms with Gasteiger partial charge in [-0.15, -0.1) is 0 Å². The average molecular weight is 440 g/mol. The minimum absolute atomic E-state index is 0.0136. The molecule has 2 aromatic carbocycles. The van der Waals surface area contributed by atoms with Gasteiger partial charge in [0.15, 0.2) is 0 Å². The lowest BCUT2D eigenvalue weighted by Gasteiger charge is -2.32. The molecule has 0 spiro atoms. The number of nitrogens with one attached hydrogen (secondary N) is 1. The van der Waals surface area contributed by atoms with Gasteiger partial charge < -0.3 is 10.1 Å². The van der Waals surface area contributed by atoms with Crippen LogP contribution in [0.2, 0.25) is 0 Å². The van der Waals surface area contributed by atoms with Crippen LogP contribution in [-0.4, -0.2) is 49.4 Å². The molecule has 1 atom stereocenters. The van der Waals surface area contributed by atoms with Crippen molar-refractivity contribution in [3.8, 4) is 0 Å². The van der Waals surface area contributed by atoms with Crippen molar-refractivity contribution in [3.63, 3.8) is 0 Å². The summed E-state index contributed by atoms with van der Waals surface area (Å²) in [5.41, 5.74) is 1.71. The lowest BCUT2D eigenvalue weighted by atomic mass is 10.0. The first kappa shape index (κ1) is 21.4. The third kappa shape index (κ3) is 4.46. The number of pyridine rings is 1. The molecule has 0 aliphatic carbocycles. The molecule has 8 heteroatoms. The molecule has 1 aliphatic heterocycles. The Labute approximate surface area is 182 Å². The van der Waals surface area contributed by atoms with Crippen molar-refractivity contribution in [1.29, 1.82) is 0 Å². The van der Waals surface area contributed by atoms with Crippen LogP contribution in [0.25, 0.3) is 10.9 Å². The van der Waals surface area contributed by atoms with Crippen LogP contribution >= 0.6 is 0 Å². The Bertz CT molecular complexity index is 1200. The van der Waals surface area contributed by atoms with Crippen molar-refractivity contribution in [1.82, 2.24) is 14.6 Å². The van der Waals surface area contributed by atoms with Gasteiger partial charge in [0.05, 0.1) is 28.3 Å². The quantitative estimate of drug-likeness (QED) is 0.660. The smallest absolute Gasteiger partial charge is 0.252 e. The highest BCUT2D eigenvalue weighted by Gasteiger charge is 2.32. The monoisotopic (exact) mass is 439 g/mol. The number of nitrogens with zero attached hydrogens (tertiary/aromatic N) is 2. The van der Waals surface area contributed by atoms with E-state index in [-0.39, 0.29) is 36.5 Å². The molecule has 162 valence electrons. The SMILES string of the molecule is CC(C)NC(=O)c1cc(C2CN(S(=O)(=O)c3ccccc3)CCO2)nc2ccccc12. The zero-order chi connectivity index (χ0) is 22.0. The number of hydrogen-bond acceptors (Lipinski definition) is 5. The normalized spacial score (nSPS) is 17.7. The lowest BCUT2D eigenvalue weighted by molar-refractivity contribution is -0.00479. The Kier molecular flexibility index (Phi) is 6.04. The molecule has 1 aromatic heterocycles. The molecule has 7 nitrogen and oxygen atoms in total. The molecule has 1 unspecified atom stereocenters. The number of ether oxygens (including phenoxy) is 1. The van der Waals surface area contributed by atoms with Gasteiger partial charge in [0.1, 0.15) is 6.10 Å². The third-order valence-corrected chi connectivity index (χ3v) is 7.02. The number of carbonyl (C=O) groups excluding carboxylic acids is 1. The second-order valence-corrected chi connectivity index (χ2v) is 9.71. The fraction of sp³-hybridized carbons (Fsp3) is 0.304. The van der Waals surface area contributed by atoms with Gasteiger partial charge in [-0.2, -0.15) is 4.31 Å². The van der Waals surface area contributed by atoms with Crippen LogP contribution in [0.5, 0.6) is 0 Å². The minimum atomic E-state index is -3.64. The maximum atomic E-state index is 13.1. The molecule has 1 aliphatic rings. The number of benzene rings is 2. The Hall–Kier alpha value is -2.81. The summed E-state index contributed by atoms with van der Waals surface area (Å²) in [4.78, 5) is 17.8. The van der Waals surface area contributed by atoms with Gasteiger partial charge in [-0.05, 0) is 38.1 Å². The highest BCUT2D eigenvalue weighted by atomic mass is 32.2. The van der Waals surface area contributed by atoms with Crippen LogP contribution in [0, 0.1) is 0 Å². The summed E-state index contributed by atoms with van der Waals surface area (Å²) in [5.74, 6) is -0.195. The molecular formula is C23H25N3O4S. The van der Waals surface area contributed by atoms with Gasteiger partial charge in [0, 0.05) is 24.5 Å². The topological polar surface area (TPSA) is 88.6 Å². The van der Waals surface area contributed by atoms with Crippen molar-refractivity contribution >= 4 is 26.8 Å². The number of hydrogen-bond donors (Lipinski definition) is 1. The number of fused-ring (bicyclic) bond motifs is 1. The number of para-hydroxylation sites is 1. The average Bonchev–Trinajstić information content (AvgIpc) is 2.78. The van der Waals surface area contributed by atoms with E-state index in [1.165, 1.54) is 4.31 Å². The fourth-order valence-corrected chi connectivity index (χ4v) is 5.10. The molecule has 1 saturated heterocycles. The molecule has 3 aromatic rings. The molecule has 0 bridgehead atoms. The number of amides is 1. The van der Waals surface area contributed by atoms with Crippen molar-refractivity contribution in [2.45, 2.75) is 30.9 Å². The van der Waals surface area contributed by atoms with E-state index in [0.29, 0.717) is 16.8 Å². The van der Waals surface area contributed by atoms with Crippen LogP contribution in [-0.2, 0) is 14.8 Å². The zero-order valence-corrected chi connectivity index (χ0v) is 18.3. The van der Waals surface area contributed by atoms with Gasteiger partial charge in [-0.25, -0.2) is 13.4 Å². The second kappa shape index (κ2) is 8.74. The van der Waals surface area contributed by atoms with Crippen molar-refractivity contribution in [2.75, 3.05) is 19.7 Å². The van der Waals surface area contributed by atoms with E-state index in [0.717, 1.165) is 5.39 Å². The van der Waals surface area contributed by atoms with Gasteiger partial charge >= 0.3 is 0 Å². The molecule has 1 N–H and O–H groups in total. The van der Waals surface area contributed by atoms with E-state index in [1.54, 1.807) is 36.4 Å². The molecule has 31 heavy (non-hydrogen) atoms. The number of rotatable bonds is 5. The van der Waals surface area contributed by atoms with E-state index >= 15 is 0 Å². The molecule has 1 fully saturated rings. The molecule has 1 amide bonds. The van der Waals surface area contributed by atoms with Gasteiger partial charge in [0.2, 0.25) is 10.0 Å². The summed E-state index contributed by atoms with van der Waals surface area (Å²) in [6.45, 7) is 4.45. The summed E-state index contributed by atoms with van der Waals surface area (Å²) in [7, 11) is -3.64. The van der Waals surface area contributed by atoms with Gasteiger partial charge in [0.25, 0.3) is 5.91 Å². The lowest BCUT2D eigenvalue weighted by Crippen LogP contribution is -2.42. The fourth-order valence-electron chi connectivity index (χ4n) is 3.65. The Balaban J connectivity index is 1.69.